The van der Waals surface area contributed by atoms with Crippen LogP contribution >= 0.6 is 27.3 Å². The Bertz CT molecular complexity index is 1520. The Labute approximate surface area is 227 Å². The summed E-state index contributed by atoms with van der Waals surface area (Å²) in [6, 6.07) is 5.32. The number of benzene rings is 1. The van der Waals surface area contributed by atoms with Crippen LogP contribution in [0, 0.1) is 5.82 Å². The number of carbonyl (C=O) groups excluding carboxylic acids is 2. The number of hydrogen-bond donors (Lipinski definition) is 2. The number of allylic oxidation sites excluding steroid dienone is 2. The second kappa shape index (κ2) is 13.0. The maximum atomic E-state index is 13.4. The van der Waals surface area contributed by atoms with Gasteiger partial charge in [-0.2, -0.15) is 0 Å². The van der Waals surface area contributed by atoms with Gasteiger partial charge in [-0.25, -0.2) is 19.0 Å². The molecule has 0 aliphatic heterocycles. The highest BCUT2D eigenvalue weighted by atomic mass is 79.9. The van der Waals surface area contributed by atoms with Crippen molar-refractivity contribution in [3.05, 3.63) is 85.2 Å². The molecule has 0 aliphatic rings. The SMILES string of the molecule is [2H]C([2H])([2H])OC(=O)N/C=C/CCCc1cc(O)c(C(=O)/C(C)=C/c2cnc(Oc3ccc(F)c(Br)c3)s2)c(=O)o1. The molecule has 0 radical (unpaired) electrons. The predicted molar refractivity (Wildman–Crippen MR) is 139 cm³/mol. The van der Waals surface area contributed by atoms with Crippen molar-refractivity contribution >= 4 is 45.2 Å². The Morgan fingerprint density at radius 1 is 1.38 bits per heavy atom. The topological polar surface area (TPSA) is 128 Å². The predicted octanol–water partition coefficient (Wildman–Crippen LogP) is 5.97. The summed E-state index contributed by atoms with van der Waals surface area (Å²) in [5.74, 6) is -1.18. The van der Waals surface area contributed by atoms with Crippen LogP contribution in [0.1, 0.15) is 44.9 Å². The first kappa shape index (κ1) is 23.6. The molecular weight excluding hydrogens is 571 g/mol. The van der Waals surface area contributed by atoms with Crippen LogP contribution in [0.25, 0.3) is 6.08 Å². The van der Waals surface area contributed by atoms with Gasteiger partial charge in [0.2, 0.25) is 0 Å². The molecule has 37 heavy (non-hydrogen) atoms. The lowest BCUT2D eigenvalue weighted by Gasteiger charge is -2.05. The average Bonchev–Trinajstić information content (AvgIpc) is 3.28. The van der Waals surface area contributed by atoms with Gasteiger partial charge in [-0.15, -0.1) is 0 Å². The van der Waals surface area contributed by atoms with Gasteiger partial charge < -0.3 is 19.0 Å². The summed E-state index contributed by atoms with van der Waals surface area (Å²) < 4.78 is 49.0. The van der Waals surface area contributed by atoms with Crippen LogP contribution in [0.2, 0.25) is 0 Å². The van der Waals surface area contributed by atoms with Crippen molar-refractivity contribution in [3.63, 3.8) is 0 Å². The molecule has 2 heterocycles. The first-order valence-electron chi connectivity index (χ1n) is 12.1. The number of aromatic nitrogens is 1. The molecule has 0 spiro atoms. The van der Waals surface area contributed by atoms with Crippen LogP contribution in [-0.2, 0) is 11.2 Å². The fourth-order valence-corrected chi connectivity index (χ4v) is 4.14. The van der Waals surface area contributed by atoms with Crippen LogP contribution in [0.5, 0.6) is 16.7 Å². The summed E-state index contributed by atoms with van der Waals surface area (Å²) in [6.45, 7) is 1.47. The summed E-state index contributed by atoms with van der Waals surface area (Å²) in [4.78, 5) is 41.3. The third-order valence-electron chi connectivity index (χ3n) is 4.73. The van der Waals surface area contributed by atoms with Gasteiger partial charge >= 0.3 is 11.7 Å². The number of hydrogen-bond acceptors (Lipinski definition) is 9. The summed E-state index contributed by atoms with van der Waals surface area (Å²) in [5, 5.41) is 12.8. The first-order valence-corrected chi connectivity index (χ1v) is 12.3. The molecule has 0 bridgehead atoms. The highest BCUT2D eigenvalue weighted by Gasteiger charge is 2.21. The summed E-state index contributed by atoms with van der Waals surface area (Å²) in [7, 11) is -2.84. The van der Waals surface area contributed by atoms with Crippen molar-refractivity contribution in [1.29, 1.82) is 0 Å². The highest BCUT2D eigenvalue weighted by molar-refractivity contribution is 9.10. The Morgan fingerprint density at radius 3 is 2.92 bits per heavy atom. The number of amides is 1. The van der Waals surface area contributed by atoms with Crippen molar-refractivity contribution in [2.45, 2.75) is 26.2 Å². The molecule has 0 unspecified atom stereocenters. The molecule has 1 aromatic carbocycles. The zero-order chi connectivity index (χ0) is 29.4. The third kappa shape index (κ3) is 7.86. The number of methoxy groups -OCH3 is 1. The van der Waals surface area contributed by atoms with Gasteiger partial charge in [-0.05, 0) is 65.5 Å². The van der Waals surface area contributed by atoms with Crippen molar-refractivity contribution in [3.8, 4) is 16.7 Å². The molecule has 12 heteroatoms. The van der Waals surface area contributed by atoms with Crippen molar-refractivity contribution in [1.82, 2.24) is 10.3 Å². The maximum Gasteiger partial charge on any atom is 0.410 e. The van der Waals surface area contributed by atoms with Crippen LogP contribution < -0.4 is 15.7 Å². The summed E-state index contributed by atoms with van der Waals surface area (Å²) >= 11 is 4.19. The van der Waals surface area contributed by atoms with E-state index in [1.807, 2.05) is 0 Å². The molecule has 2 N–H and O–H groups in total. The molecule has 0 atom stereocenters. The van der Waals surface area contributed by atoms with E-state index in [-0.39, 0.29) is 27.4 Å². The second-order valence-corrected chi connectivity index (χ2v) is 9.33. The van der Waals surface area contributed by atoms with Crippen molar-refractivity contribution in [2.75, 3.05) is 7.04 Å². The second-order valence-electron chi connectivity index (χ2n) is 7.45. The number of aromatic hydroxyl groups is 1. The number of Topliss-reactive ketones (excluding diaryl/α,β-unsaturated/α-hetero) is 1. The van der Waals surface area contributed by atoms with Gasteiger partial charge in [0.1, 0.15) is 28.6 Å². The smallest absolute Gasteiger partial charge is 0.410 e. The number of rotatable bonds is 10. The quantitative estimate of drug-likeness (QED) is 0.166. The van der Waals surface area contributed by atoms with Crippen LogP contribution in [0.3, 0.4) is 0 Å². The van der Waals surface area contributed by atoms with Crippen LogP contribution in [-0.4, -0.2) is 29.0 Å². The summed E-state index contributed by atoms with van der Waals surface area (Å²) in [5.41, 5.74) is -1.36. The molecule has 3 aromatic rings. The van der Waals surface area contributed by atoms with E-state index in [0.29, 0.717) is 23.5 Å². The number of carbonyl (C=O) groups is 2. The van der Waals surface area contributed by atoms with Gasteiger partial charge in [-0.3, -0.25) is 10.1 Å². The van der Waals surface area contributed by atoms with Crippen LogP contribution in [0.4, 0.5) is 9.18 Å². The fourth-order valence-electron chi connectivity index (χ4n) is 3.00. The number of halogens is 2. The Kier molecular flexibility index (Phi) is 8.28. The number of unbranched alkanes of at least 4 members (excludes halogenated alkanes) is 1. The molecule has 0 saturated carbocycles. The lowest BCUT2D eigenvalue weighted by molar-refractivity contribution is 0.102. The number of thiazole rings is 1. The number of ketones is 1. The van der Waals surface area contributed by atoms with E-state index in [2.05, 4.69) is 31.0 Å². The molecule has 1 amide bonds. The molecule has 2 aromatic heterocycles. The Hall–Kier alpha value is -3.77. The molecule has 3 rings (SSSR count). The standard InChI is InChI=1S/C25H22BrFN2O7S/c1-14(10-17-13-29-25(37-17)36-16-7-8-19(27)18(26)11-16)22(31)21-20(30)12-15(35-23(21)32)6-4-3-5-9-28-24(33)34-2/h5,7-13,30H,3-4,6H2,1-2H3,(H,28,33)/b9-5+,14-10+/i2D3. The lowest BCUT2D eigenvalue weighted by Crippen LogP contribution is -2.16. The average molecular weight is 596 g/mol. The van der Waals surface area contributed by atoms with Gasteiger partial charge in [0, 0.05) is 24.9 Å². The lowest BCUT2D eigenvalue weighted by atomic mass is 10.0. The minimum atomic E-state index is -2.84. The maximum absolute atomic E-state index is 13.4. The van der Waals surface area contributed by atoms with E-state index in [4.69, 9.17) is 13.3 Å². The van der Waals surface area contributed by atoms with Gasteiger partial charge in [0.25, 0.3) is 5.19 Å². The van der Waals surface area contributed by atoms with Crippen molar-refractivity contribution in [2.24, 2.45) is 0 Å². The minimum Gasteiger partial charge on any atom is -0.507 e. The Balaban J connectivity index is 1.58. The van der Waals surface area contributed by atoms with E-state index in [9.17, 15) is 23.9 Å². The monoisotopic (exact) mass is 595 g/mol. The largest absolute Gasteiger partial charge is 0.507 e. The first-order chi connectivity index (χ1) is 18.8. The number of nitrogens with one attached hydrogen (secondary N) is 1. The van der Waals surface area contributed by atoms with E-state index in [1.165, 1.54) is 49.7 Å². The number of ether oxygens (including phenoxy) is 2. The van der Waals surface area contributed by atoms with Gasteiger partial charge in [0.05, 0.1) is 20.5 Å². The third-order valence-corrected chi connectivity index (χ3v) is 6.16. The molecule has 0 aliphatic carbocycles. The number of nitrogens with zero attached hydrogens (tertiary/aromatic N) is 1. The highest BCUT2D eigenvalue weighted by Crippen LogP contribution is 2.30. The van der Waals surface area contributed by atoms with Crippen molar-refractivity contribution < 1.29 is 37.1 Å². The molecular formula is C25H22BrFN2O7S. The minimum absolute atomic E-state index is 0.143. The fraction of sp³-hybridized carbons (Fsp3) is 0.200. The van der Waals surface area contributed by atoms with E-state index in [1.54, 1.807) is 6.08 Å². The summed E-state index contributed by atoms with van der Waals surface area (Å²) in [6.07, 6.45) is 5.68. The van der Waals surface area contributed by atoms with Gasteiger partial charge in [0.15, 0.2) is 5.78 Å². The molecule has 0 fully saturated rings. The molecule has 9 nitrogen and oxygen atoms in total. The zero-order valence-corrected chi connectivity index (χ0v) is 21.7. The molecule has 194 valence electrons. The molecule has 0 saturated heterocycles. The zero-order valence-electron chi connectivity index (χ0n) is 22.2. The van der Waals surface area contributed by atoms with Crippen LogP contribution in [0.15, 0.2) is 62.0 Å². The number of aryl methyl sites for hydroxylation is 1. The van der Waals surface area contributed by atoms with E-state index < -0.39 is 41.7 Å². The van der Waals surface area contributed by atoms with E-state index >= 15 is 0 Å². The Morgan fingerprint density at radius 2 is 2.19 bits per heavy atom. The van der Waals surface area contributed by atoms with E-state index in [0.717, 1.165) is 11.3 Å². The van der Waals surface area contributed by atoms with Gasteiger partial charge in [-0.1, -0.05) is 17.4 Å². The number of alkyl carbamates (subject to hydrolysis) is 1. The normalized spacial score (nSPS) is 13.1.